The van der Waals surface area contributed by atoms with Gasteiger partial charge >= 0.3 is 6.09 Å². The molecular formula is C47H51Cl2N13O3. The summed E-state index contributed by atoms with van der Waals surface area (Å²) in [4.78, 5) is 38.7. The van der Waals surface area contributed by atoms with E-state index in [0.29, 0.717) is 52.1 Å². The molecule has 0 spiro atoms. The van der Waals surface area contributed by atoms with Crippen LogP contribution in [-0.2, 0) is 4.74 Å². The molecule has 2 saturated carbocycles. The molecule has 4 aromatic heterocycles. The number of aliphatic hydroxyl groups is 1. The first-order valence-electron chi connectivity index (χ1n) is 21.9. The summed E-state index contributed by atoms with van der Waals surface area (Å²) in [6.07, 6.45) is 17.6. The van der Waals surface area contributed by atoms with E-state index < -0.39 is 0 Å². The molecule has 1 amide bonds. The van der Waals surface area contributed by atoms with Crippen LogP contribution >= 0.6 is 23.2 Å². The second-order valence-corrected chi connectivity index (χ2v) is 16.9. The Balaban J connectivity index is 0.000000169. The van der Waals surface area contributed by atoms with E-state index in [0.717, 1.165) is 104 Å². The Morgan fingerprint density at radius 2 is 1.23 bits per heavy atom. The number of ether oxygens (including phenoxy) is 1. The molecule has 6 heterocycles. The Bertz CT molecular complexity index is 2700. The van der Waals surface area contributed by atoms with E-state index in [-0.39, 0.29) is 24.3 Å². The number of likely N-dealkylation sites (tertiary alicyclic amines) is 1. The van der Waals surface area contributed by atoms with E-state index in [1.807, 2.05) is 23.2 Å². The fourth-order valence-electron chi connectivity index (χ4n) is 7.84. The molecule has 2 saturated heterocycles. The average molecular weight is 917 g/mol. The third-order valence-electron chi connectivity index (χ3n) is 11.9. The molecule has 16 nitrogen and oxygen atoms in total. The lowest BCUT2D eigenvalue weighted by molar-refractivity contribution is 0.0211. The summed E-state index contributed by atoms with van der Waals surface area (Å²) in [5, 5.41) is 28.5. The van der Waals surface area contributed by atoms with E-state index in [9.17, 15) is 4.79 Å². The van der Waals surface area contributed by atoms with Gasteiger partial charge in [-0.3, -0.25) is 0 Å². The second kappa shape index (κ2) is 22.4. The maximum Gasteiger partial charge on any atom is 0.410 e. The predicted octanol–water partition coefficient (Wildman–Crippen LogP) is 11.1. The Morgan fingerprint density at radius 3 is 1.63 bits per heavy atom. The highest BCUT2D eigenvalue weighted by molar-refractivity contribution is 6.34. The molecule has 10 rings (SSSR count). The minimum Gasteiger partial charge on any atom is -0.446 e. The number of amides is 1. The molecule has 4 aliphatic rings. The van der Waals surface area contributed by atoms with Crippen molar-refractivity contribution >= 4 is 85.7 Å². The van der Waals surface area contributed by atoms with Gasteiger partial charge in [0.25, 0.3) is 0 Å². The number of nitrogens with zero attached hydrogens (tertiary/aromatic N) is 10. The third-order valence-corrected chi connectivity index (χ3v) is 12.5. The number of halogens is 2. The van der Waals surface area contributed by atoms with Gasteiger partial charge < -0.3 is 39.8 Å². The SMILES string of the molecule is CC#N.OC1CCC1.[C-]#[N+]c1ccc(Nc2ncnc3c2ccn3C2CCN(C(=O)OC3CCC3)CC2)c(Cl)c1.[C-]#[N+]c1ccc(Nc2ncnc3c2ccn3C2CCNCC2)c(Cl)c1. The molecule has 65 heavy (non-hydrogen) atoms. The third kappa shape index (κ3) is 11.6. The van der Waals surface area contributed by atoms with Crippen molar-refractivity contribution in [1.82, 2.24) is 39.3 Å². The maximum absolute atomic E-state index is 12.3. The lowest BCUT2D eigenvalue weighted by Crippen LogP contribution is -2.41. The van der Waals surface area contributed by atoms with Gasteiger partial charge in [0.2, 0.25) is 0 Å². The van der Waals surface area contributed by atoms with Gasteiger partial charge in [-0.2, -0.15) is 5.26 Å². The molecule has 18 heteroatoms. The predicted molar refractivity (Wildman–Crippen MR) is 253 cm³/mol. The first-order chi connectivity index (χ1) is 31.7. The Kier molecular flexibility index (Phi) is 16.0. The number of aromatic nitrogens is 6. The summed E-state index contributed by atoms with van der Waals surface area (Å²) in [6, 6.07) is 16.8. The summed E-state index contributed by atoms with van der Waals surface area (Å²) >= 11 is 12.6. The fraction of sp³-hybridized carbons (Fsp3) is 0.404. The average Bonchev–Trinajstić information content (AvgIpc) is 3.95. The smallest absolute Gasteiger partial charge is 0.410 e. The van der Waals surface area contributed by atoms with Crippen LogP contribution < -0.4 is 16.0 Å². The van der Waals surface area contributed by atoms with Crippen molar-refractivity contribution < 1.29 is 14.6 Å². The highest BCUT2D eigenvalue weighted by atomic mass is 35.5. The zero-order valence-corrected chi connectivity index (χ0v) is 37.6. The van der Waals surface area contributed by atoms with Crippen LogP contribution in [0.5, 0.6) is 0 Å². The number of piperidine rings is 2. The molecule has 4 N–H and O–H groups in total. The number of hydrogen-bond donors (Lipinski definition) is 4. The number of carbonyl (C=O) groups is 1. The molecule has 0 atom stereocenters. The molecule has 0 radical (unpaired) electrons. The number of benzene rings is 2. The van der Waals surface area contributed by atoms with E-state index in [1.165, 1.54) is 19.7 Å². The molecule has 4 fully saturated rings. The molecular weight excluding hydrogens is 866 g/mol. The van der Waals surface area contributed by atoms with Crippen LogP contribution in [0.4, 0.5) is 39.2 Å². The minimum absolute atomic E-state index is 0.0648. The first kappa shape index (κ1) is 46.5. The van der Waals surface area contributed by atoms with Gasteiger partial charge in [-0.05, 0) is 114 Å². The normalized spacial score (nSPS) is 16.4. The van der Waals surface area contributed by atoms with Gasteiger partial charge in [-0.15, -0.1) is 0 Å². The summed E-state index contributed by atoms with van der Waals surface area (Å²) in [5.41, 5.74) is 4.18. The van der Waals surface area contributed by atoms with E-state index >= 15 is 0 Å². The van der Waals surface area contributed by atoms with Crippen molar-refractivity contribution in [3.8, 4) is 6.07 Å². The zero-order chi connectivity index (χ0) is 45.7. The quantitative estimate of drug-likeness (QED) is 0.112. The van der Waals surface area contributed by atoms with Gasteiger partial charge in [0.05, 0.1) is 57.5 Å². The molecule has 336 valence electrons. The monoisotopic (exact) mass is 915 g/mol. The van der Waals surface area contributed by atoms with Crippen LogP contribution in [-0.4, -0.2) is 83.6 Å². The fourth-order valence-corrected chi connectivity index (χ4v) is 8.28. The van der Waals surface area contributed by atoms with Gasteiger partial charge in [0.15, 0.2) is 11.4 Å². The van der Waals surface area contributed by atoms with Gasteiger partial charge in [0.1, 0.15) is 41.7 Å². The van der Waals surface area contributed by atoms with Crippen LogP contribution in [0.25, 0.3) is 31.8 Å². The number of nitriles is 1. The van der Waals surface area contributed by atoms with E-state index in [2.05, 4.69) is 60.9 Å². The van der Waals surface area contributed by atoms with Crippen molar-refractivity contribution in [3.05, 3.63) is 106 Å². The number of hydrogen-bond acceptors (Lipinski definition) is 11. The Hall–Kier alpha value is -6.48. The number of fused-ring (bicyclic) bond motifs is 2. The van der Waals surface area contributed by atoms with Crippen molar-refractivity contribution in [2.45, 2.75) is 95.4 Å². The minimum atomic E-state index is -0.180. The highest BCUT2D eigenvalue weighted by Crippen LogP contribution is 2.35. The summed E-state index contributed by atoms with van der Waals surface area (Å²) in [7, 11) is 0. The highest BCUT2D eigenvalue weighted by Gasteiger charge is 2.29. The summed E-state index contributed by atoms with van der Waals surface area (Å²) < 4.78 is 9.95. The summed E-state index contributed by atoms with van der Waals surface area (Å²) in [6.45, 7) is 19.0. The van der Waals surface area contributed by atoms with Gasteiger partial charge in [-0.25, -0.2) is 34.4 Å². The molecule has 2 aliphatic carbocycles. The summed E-state index contributed by atoms with van der Waals surface area (Å²) in [5.74, 6) is 1.38. The van der Waals surface area contributed by atoms with Crippen molar-refractivity contribution in [2.24, 2.45) is 0 Å². The van der Waals surface area contributed by atoms with Crippen LogP contribution in [0.15, 0.2) is 73.6 Å². The number of anilines is 4. The molecule has 0 bridgehead atoms. The standard InChI is InChI=1S/C23H23ClN6O2.C18H17ClN6.C4H8O.C2H3N/c1-25-15-5-6-20(19(24)13-15)28-21-18-9-12-30(22(18)27-14-26-21)16-7-10-29(11-8-16)23(31)32-17-3-2-4-17;1-20-12-2-3-16(15(19)10-12)24-17-14-6-9-25(18(14)23-11-22-17)13-4-7-21-8-5-13;5-4-2-1-3-4;1-2-3/h5-6,9,12-14,16-17H,2-4,7-8,10-11H2,(H,26,27,28);2-3,6,9-11,13,21H,4-5,7-8H2,(H,22,23,24);4-5H,1-3H2;1H3. The van der Waals surface area contributed by atoms with Gasteiger partial charge in [0, 0.05) is 44.5 Å². The number of aliphatic hydroxyl groups excluding tert-OH is 1. The van der Waals surface area contributed by atoms with E-state index in [4.69, 9.17) is 51.5 Å². The Morgan fingerprint density at radius 1 is 0.769 bits per heavy atom. The first-order valence-corrected chi connectivity index (χ1v) is 22.6. The van der Waals surface area contributed by atoms with E-state index in [1.54, 1.807) is 48.8 Å². The largest absolute Gasteiger partial charge is 0.446 e. The second-order valence-electron chi connectivity index (χ2n) is 16.1. The van der Waals surface area contributed by atoms with Crippen molar-refractivity contribution in [1.29, 1.82) is 5.26 Å². The lowest BCUT2D eigenvalue weighted by Gasteiger charge is -2.34. The van der Waals surface area contributed by atoms with Crippen LogP contribution in [0, 0.1) is 24.5 Å². The molecule has 2 aliphatic heterocycles. The lowest BCUT2D eigenvalue weighted by atomic mass is 9.96. The van der Waals surface area contributed by atoms with Crippen molar-refractivity contribution in [3.63, 3.8) is 0 Å². The molecule has 6 aromatic rings. The van der Waals surface area contributed by atoms with Crippen molar-refractivity contribution in [2.75, 3.05) is 36.8 Å². The van der Waals surface area contributed by atoms with Crippen LogP contribution in [0.2, 0.25) is 10.0 Å². The van der Waals surface area contributed by atoms with Crippen LogP contribution in [0.1, 0.15) is 83.2 Å². The van der Waals surface area contributed by atoms with Crippen LogP contribution in [0.3, 0.4) is 0 Å². The maximum atomic E-state index is 12.3. The van der Waals surface area contributed by atoms with Gasteiger partial charge in [-0.1, -0.05) is 35.3 Å². The number of rotatable bonds is 7. The zero-order valence-electron chi connectivity index (χ0n) is 36.1. The topological polar surface area (TPSA) is 180 Å². The number of nitrogens with one attached hydrogen (secondary N) is 3. The molecule has 0 unspecified atom stereocenters. The Labute approximate surface area is 388 Å². The number of carbonyl (C=O) groups excluding carboxylic acids is 1. The molecule has 2 aromatic carbocycles.